The highest BCUT2D eigenvalue weighted by Gasteiger charge is 2.50. The van der Waals surface area contributed by atoms with E-state index in [4.69, 9.17) is 37.6 Å². The molecule has 4 heterocycles. The lowest BCUT2D eigenvalue weighted by atomic mass is 9.93. The van der Waals surface area contributed by atoms with E-state index in [2.05, 4.69) is 34.5 Å². The van der Waals surface area contributed by atoms with E-state index in [0.717, 1.165) is 49.8 Å². The quantitative estimate of drug-likeness (QED) is 0.186. The minimum Gasteiger partial charge on any atom is -0.487 e. The molecule has 9 rings (SSSR count). The number of hydrogen-bond donors (Lipinski definition) is 0. The third-order valence-corrected chi connectivity index (χ3v) is 12.0. The fourth-order valence-corrected chi connectivity index (χ4v) is 9.40. The van der Waals surface area contributed by atoms with Crippen LogP contribution in [0.3, 0.4) is 0 Å². The first-order chi connectivity index (χ1) is 24.2. The molecule has 2 aromatic carbocycles. The van der Waals surface area contributed by atoms with Crippen molar-refractivity contribution in [1.82, 2.24) is 19.8 Å². The second kappa shape index (κ2) is 12.1. The lowest BCUT2D eigenvalue weighted by Gasteiger charge is -2.40. The lowest BCUT2D eigenvalue weighted by Crippen LogP contribution is -2.56. The minimum absolute atomic E-state index is 0.00725. The van der Waals surface area contributed by atoms with Crippen LogP contribution in [0, 0.1) is 12.5 Å². The van der Waals surface area contributed by atoms with Crippen molar-refractivity contribution >= 4 is 34.2 Å². The summed E-state index contributed by atoms with van der Waals surface area (Å²) in [5.74, 6) is 0.579. The summed E-state index contributed by atoms with van der Waals surface area (Å²) in [5.41, 5.74) is 4.77. The third-order valence-electron chi connectivity index (χ3n) is 11.7. The Bertz CT molecular complexity index is 1970. The summed E-state index contributed by atoms with van der Waals surface area (Å²) in [6.07, 6.45) is 5.51. The van der Waals surface area contributed by atoms with Gasteiger partial charge in [-0.3, -0.25) is 9.69 Å². The van der Waals surface area contributed by atoms with Gasteiger partial charge in [0, 0.05) is 43.5 Å². The number of benzene rings is 2. The van der Waals surface area contributed by atoms with Gasteiger partial charge >= 0.3 is 6.01 Å². The normalized spacial score (nSPS) is 28.3. The van der Waals surface area contributed by atoms with Gasteiger partial charge in [-0.15, -0.1) is 0 Å². The second-order valence-electron chi connectivity index (χ2n) is 15.0. The van der Waals surface area contributed by atoms with Crippen LogP contribution < -0.4 is 14.4 Å². The summed E-state index contributed by atoms with van der Waals surface area (Å²) < 4.78 is 41.9. The first-order valence-corrected chi connectivity index (χ1v) is 18.2. The number of piperazine rings is 1. The van der Waals surface area contributed by atoms with Crippen molar-refractivity contribution < 1.29 is 23.0 Å². The molecule has 12 heteroatoms. The highest BCUT2D eigenvalue weighted by Crippen LogP contribution is 2.59. The van der Waals surface area contributed by atoms with Gasteiger partial charge in [0.2, 0.25) is 6.54 Å². The molecule has 3 aliphatic carbocycles. The second-order valence-corrected chi connectivity index (χ2v) is 15.4. The molecular weight excluding hydrogens is 662 g/mol. The van der Waals surface area contributed by atoms with Gasteiger partial charge in [0.05, 0.1) is 16.7 Å². The van der Waals surface area contributed by atoms with Gasteiger partial charge < -0.3 is 24.1 Å². The Hall–Kier alpha value is -4.01. The number of nitrogens with zero attached hydrogens (tertiary/aromatic N) is 6. The molecule has 6 aliphatic rings. The highest BCUT2D eigenvalue weighted by atomic mass is 35.5. The molecule has 3 saturated heterocycles. The summed E-state index contributed by atoms with van der Waals surface area (Å²) in [5, 5.41) is 1.19. The van der Waals surface area contributed by atoms with E-state index >= 15 is 0 Å². The van der Waals surface area contributed by atoms with E-state index in [-0.39, 0.29) is 38.4 Å². The van der Waals surface area contributed by atoms with Crippen LogP contribution in [0.2, 0.25) is 5.02 Å². The van der Waals surface area contributed by atoms with Gasteiger partial charge in [-0.2, -0.15) is 9.97 Å². The van der Waals surface area contributed by atoms with Gasteiger partial charge in [-0.25, -0.2) is 15.4 Å². The summed E-state index contributed by atoms with van der Waals surface area (Å²) in [4.78, 5) is 31.8. The van der Waals surface area contributed by atoms with Crippen molar-refractivity contribution in [2.45, 2.75) is 74.7 Å². The van der Waals surface area contributed by atoms with Crippen LogP contribution in [-0.4, -0.2) is 95.4 Å². The van der Waals surface area contributed by atoms with Crippen molar-refractivity contribution in [3.05, 3.63) is 64.2 Å². The zero-order valence-electron chi connectivity index (χ0n) is 27.8. The summed E-state index contributed by atoms with van der Waals surface area (Å²) in [6.45, 7) is 13.0. The molecule has 9 nitrogen and oxygen atoms in total. The first kappa shape index (κ1) is 31.9. The largest absolute Gasteiger partial charge is 0.487 e. The molecule has 0 bridgehead atoms. The molecule has 260 valence electrons. The average molecular weight is 701 g/mol. The number of hydrogen-bond acceptors (Lipinski definition) is 7. The Morgan fingerprint density at radius 1 is 1.20 bits per heavy atom. The molecule has 5 fully saturated rings. The molecule has 0 spiro atoms. The zero-order valence-corrected chi connectivity index (χ0v) is 28.6. The SMILES string of the molecule is [C-]#[N+]C[C@H]1CN(c2nc(OC[C@@]34CCCN3C[C@H](F)C4)nc3c(OC4CC4)c(-c4cccc5c4C[C@@H]4C[C@H]54)c(Cl)cc23)CCN1C(=O)C(=C)F. The van der Waals surface area contributed by atoms with Gasteiger partial charge in [-0.05, 0) is 79.7 Å². The molecule has 1 amide bonds. The summed E-state index contributed by atoms with van der Waals surface area (Å²) >= 11 is 7.28. The predicted octanol–water partition coefficient (Wildman–Crippen LogP) is 6.53. The average Bonchev–Trinajstić information content (AvgIpc) is 3.98. The number of alkyl halides is 1. The van der Waals surface area contributed by atoms with Gasteiger partial charge in [-0.1, -0.05) is 36.4 Å². The van der Waals surface area contributed by atoms with E-state index in [1.54, 1.807) is 0 Å². The fourth-order valence-electron chi connectivity index (χ4n) is 9.10. The maximum absolute atomic E-state index is 14.7. The van der Waals surface area contributed by atoms with Gasteiger partial charge in [0.25, 0.3) is 5.91 Å². The first-order valence-electron chi connectivity index (χ1n) is 17.8. The number of carbonyl (C=O) groups is 1. The lowest BCUT2D eigenvalue weighted by molar-refractivity contribution is -0.131. The van der Waals surface area contributed by atoms with Crippen LogP contribution in [0.4, 0.5) is 14.6 Å². The van der Waals surface area contributed by atoms with Crippen LogP contribution in [0.1, 0.15) is 55.6 Å². The van der Waals surface area contributed by atoms with Crippen LogP contribution in [0.15, 0.2) is 36.7 Å². The van der Waals surface area contributed by atoms with Crippen molar-refractivity contribution in [1.29, 1.82) is 0 Å². The van der Waals surface area contributed by atoms with Crippen molar-refractivity contribution in [3.63, 3.8) is 0 Å². The Morgan fingerprint density at radius 3 is 2.86 bits per heavy atom. The number of halogens is 3. The van der Waals surface area contributed by atoms with E-state index in [9.17, 15) is 13.6 Å². The molecule has 3 aromatic rings. The Labute approximate surface area is 295 Å². The minimum atomic E-state index is -1.05. The monoisotopic (exact) mass is 700 g/mol. The molecular formula is C38H39ClF2N6O3. The predicted molar refractivity (Wildman–Crippen MR) is 186 cm³/mol. The third kappa shape index (κ3) is 5.37. The van der Waals surface area contributed by atoms with E-state index < -0.39 is 29.5 Å². The number of aromatic nitrogens is 2. The van der Waals surface area contributed by atoms with Crippen LogP contribution in [-0.2, 0) is 11.2 Å². The van der Waals surface area contributed by atoms with E-state index in [0.29, 0.717) is 58.8 Å². The van der Waals surface area contributed by atoms with Crippen LogP contribution >= 0.6 is 11.6 Å². The Kier molecular flexibility index (Phi) is 7.70. The number of ether oxygens (including phenoxy) is 2. The summed E-state index contributed by atoms with van der Waals surface area (Å²) in [6, 6.07) is 7.93. The smallest absolute Gasteiger partial charge is 0.319 e. The standard InChI is InChI=1S/C38H39ClF2N6O3/c1-21(40)36(48)47-12-11-45(19-24(47)17-42-2)35-30-15-31(39)32(27-6-3-5-26-28-13-22(28)14-29(26)27)34(50-25-7-8-25)33(30)43-37(44-35)49-20-38-9-4-10-46(38)18-23(41)16-38/h3,5-6,15,22-25,28H,1,4,7-14,16-20H2/t22-,23+,24-,28-,38-/m0/s1. The topological polar surface area (TPSA) is 75.4 Å². The number of amides is 1. The fraction of sp³-hybridized carbons (Fsp3) is 0.526. The molecule has 2 saturated carbocycles. The van der Waals surface area contributed by atoms with Crippen LogP contribution in [0.25, 0.3) is 26.9 Å². The molecule has 0 radical (unpaired) electrons. The number of rotatable bonds is 9. The molecule has 0 unspecified atom stereocenters. The number of anilines is 1. The molecule has 3 aliphatic heterocycles. The van der Waals surface area contributed by atoms with E-state index in [1.165, 1.54) is 22.4 Å². The van der Waals surface area contributed by atoms with Crippen molar-refractivity contribution in [2.24, 2.45) is 5.92 Å². The molecule has 5 atom stereocenters. The number of fused-ring (bicyclic) bond motifs is 5. The Morgan fingerprint density at radius 2 is 2.06 bits per heavy atom. The van der Waals surface area contributed by atoms with Crippen molar-refractivity contribution in [3.8, 4) is 22.9 Å². The maximum Gasteiger partial charge on any atom is 0.319 e. The zero-order chi connectivity index (χ0) is 34.3. The van der Waals surface area contributed by atoms with Gasteiger partial charge in [0.1, 0.15) is 30.2 Å². The number of carbonyl (C=O) groups excluding carboxylic acids is 1. The van der Waals surface area contributed by atoms with Gasteiger partial charge in [0.15, 0.2) is 11.6 Å². The highest BCUT2D eigenvalue weighted by molar-refractivity contribution is 6.35. The molecule has 0 N–H and O–H groups in total. The van der Waals surface area contributed by atoms with E-state index in [1.807, 2.05) is 11.0 Å². The van der Waals surface area contributed by atoms with Crippen molar-refractivity contribution in [2.75, 3.05) is 50.8 Å². The summed E-state index contributed by atoms with van der Waals surface area (Å²) in [7, 11) is 0. The molecule has 1 aromatic heterocycles. The van der Waals surface area contributed by atoms with Crippen LogP contribution in [0.5, 0.6) is 11.8 Å². The molecule has 50 heavy (non-hydrogen) atoms. The maximum atomic E-state index is 14.7. The Balaban J connectivity index is 1.18.